The molecule has 0 saturated carbocycles. The van der Waals surface area contributed by atoms with E-state index in [9.17, 15) is 9.59 Å². The van der Waals surface area contributed by atoms with Crippen LogP contribution in [-0.4, -0.2) is 25.2 Å². The Balaban J connectivity index is 2.77. The Kier molecular flexibility index (Phi) is 8.48. The molecular weight excluding hydrogens is 268 g/mol. The first-order valence-corrected chi connectivity index (χ1v) is 7.94. The highest BCUT2D eigenvalue weighted by Gasteiger charge is 2.22. The molecule has 0 fully saturated rings. The number of carbonyl (C=O) groups excluding carboxylic acids is 2. The first-order valence-electron chi connectivity index (χ1n) is 7.94. The van der Waals surface area contributed by atoms with Crippen molar-refractivity contribution < 1.29 is 19.1 Å². The van der Waals surface area contributed by atoms with Crippen molar-refractivity contribution in [1.29, 1.82) is 0 Å². The second-order valence-corrected chi connectivity index (χ2v) is 5.17. The van der Waals surface area contributed by atoms with Crippen LogP contribution in [-0.2, 0) is 19.1 Å². The van der Waals surface area contributed by atoms with E-state index in [-0.39, 0.29) is 5.97 Å². The van der Waals surface area contributed by atoms with Crippen LogP contribution in [0.15, 0.2) is 23.3 Å². The van der Waals surface area contributed by atoms with Gasteiger partial charge in [0.15, 0.2) is 0 Å². The number of hydrogen-bond acceptors (Lipinski definition) is 4. The molecule has 118 valence electrons. The SMILES string of the molecule is CCCCOC(=O)C1=C(C(=O)OCCCC)CCCC=C1. The summed E-state index contributed by atoms with van der Waals surface area (Å²) in [5, 5.41) is 0. The number of ether oxygens (including phenoxy) is 2. The van der Waals surface area contributed by atoms with Crippen LogP contribution >= 0.6 is 0 Å². The lowest BCUT2D eigenvalue weighted by Crippen LogP contribution is -2.16. The van der Waals surface area contributed by atoms with Crippen LogP contribution in [0.2, 0.25) is 0 Å². The first-order chi connectivity index (χ1) is 10.2. The Labute approximate surface area is 127 Å². The zero-order chi connectivity index (χ0) is 15.5. The third kappa shape index (κ3) is 6.15. The lowest BCUT2D eigenvalue weighted by atomic mass is 10.0. The van der Waals surface area contributed by atoms with Crippen molar-refractivity contribution in [2.24, 2.45) is 0 Å². The molecular formula is C17H26O4. The van der Waals surface area contributed by atoms with Crippen molar-refractivity contribution in [2.45, 2.75) is 58.8 Å². The van der Waals surface area contributed by atoms with Crippen LogP contribution in [0.3, 0.4) is 0 Å². The molecule has 0 aliphatic heterocycles. The molecule has 4 nitrogen and oxygen atoms in total. The van der Waals surface area contributed by atoms with Gasteiger partial charge in [-0.15, -0.1) is 0 Å². The van der Waals surface area contributed by atoms with E-state index in [1.807, 2.05) is 19.9 Å². The summed E-state index contributed by atoms with van der Waals surface area (Å²) in [6.07, 6.45) is 9.50. The van der Waals surface area contributed by atoms with Gasteiger partial charge in [-0.1, -0.05) is 38.8 Å². The topological polar surface area (TPSA) is 52.6 Å². The van der Waals surface area contributed by atoms with Crippen LogP contribution in [0.4, 0.5) is 0 Å². The average molecular weight is 294 g/mol. The minimum absolute atomic E-state index is 0.366. The standard InChI is InChI=1S/C17H26O4/c1-3-5-12-20-16(18)14-10-8-7-9-11-15(14)17(19)21-13-6-4-2/h8,10H,3-7,9,11-13H2,1-2H3. The summed E-state index contributed by atoms with van der Waals surface area (Å²) >= 11 is 0. The van der Waals surface area contributed by atoms with Gasteiger partial charge in [-0.05, 0) is 32.1 Å². The van der Waals surface area contributed by atoms with Crippen LogP contribution < -0.4 is 0 Å². The van der Waals surface area contributed by atoms with Crippen molar-refractivity contribution in [3.05, 3.63) is 23.3 Å². The largest absolute Gasteiger partial charge is 0.462 e. The van der Waals surface area contributed by atoms with Crippen LogP contribution in [0.25, 0.3) is 0 Å². The van der Waals surface area contributed by atoms with Gasteiger partial charge in [-0.3, -0.25) is 0 Å². The maximum absolute atomic E-state index is 12.1. The fraction of sp³-hybridized carbons (Fsp3) is 0.647. The van der Waals surface area contributed by atoms with Crippen LogP contribution in [0, 0.1) is 0 Å². The predicted octanol–water partition coefficient (Wildman–Crippen LogP) is 3.71. The molecule has 0 heterocycles. The number of esters is 2. The zero-order valence-corrected chi connectivity index (χ0v) is 13.2. The molecule has 1 rings (SSSR count). The van der Waals surface area contributed by atoms with Crippen molar-refractivity contribution in [3.8, 4) is 0 Å². The smallest absolute Gasteiger partial charge is 0.338 e. The number of unbranched alkanes of at least 4 members (excludes halogenated alkanes) is 2. The van der Waals surface area contributed by atoms with Gasteiger partial charge in [0.25, 0.3) is 0 Å². The summed E-state index contributed by atoms with van der Waals surface area (Å²) in [6.45, 7) is 4.87. The molecule has 0 saturated heterocycles. The highest BCUT2D eigenvalue weighted by Crippen LogP contribution is 2.21. The monoisotopic (exact) mass is 294 g/mol. The third-order valence-corrected chi connectivity index (χ3v) is 3.34. The van der Waals surface area contributed by atoms with Gasteiger partial charge >= 0.3 is 11.9 Å². The Morgan fingerprint density at radius 1 is 1.05 bits per heavy atom. The van der Waals surface area contributed by atoms with Gasteiger partial charge in [0.05, 0.1) is 24.4 Å². The lowest BCUT2D eigenvalue weighted by Gasteiger charge is -2.11. The van der Waals surface area contributed by atoms with Gasteiger partial charge in [0, 0.05) is 0 Å². The Hall–Kier alpha value is -1.58. The van der Waals surface area contributed by atoms with E-state index in [4.69, 9.17) is 9.47 Å². The van der Waals surface area contributed by atoms with Crippen molar-refractivity contribution >= 4 is 11.9 Å². The number of rotatable bonds is 8. The van der Waals surface area contributed by atoms with Crippen molar-refractivity contribution in [3.63, 3.8) is 0 Å². The molecule has 4 heteroatoms. The molecule has 21 heavy (non-hydrogen) atoms. The summed E-state index contributed by atoms with van der Waals surface area (Å²) < 4.78 is 10.5. The molecule has 0 bridgehead atoms. The van der Waals surface area contributed by atoms with E-state index >= 15 is 0 Å². The first kappa shape index (κ1) is 17.5. The normalized spacial score (nSPS) is 14.8. The lowest BCUT2D eigenvalue weighted by molar-refractivity contribution is -0.142. The highest BCUT2D eigenvalue weighted by molar-refractivity contribution is 6.02. The maximum Gasteiger partial charge on any atom is 0.338 e. The molecule has 0 aromatic heterocycles. The van der Waals surface area contributed by atoms with E-state index in [1.54, 1.807) is 6.08 Å². The Bertz CT molecular complexity index is 407. The molecule has 1 aliphatic rings. The summed E-state index contributed by atoms with van der Waals surface area (Å²) in [4.78, 5) is 24.3. The highest BCUT2D eigenvalue weighted by atomic mass is 16.5. The fourth-order valence-electron chi connectivity index (χ4n) is 2.02. The maximum atomic E-state index is 12.1. The average Bonchev–Trinajstić information content (AvgIpc) is 2.73. The molecule has 0 unspecified atom stereocenters. The van der Waals surface area contributed by atoms with Gasteiger partial charge in [0.1, 0.15) is 0 Å². The second kappa shape index (κ2) is 10.2. The quantitative estimate of drug-likeness (QED) is 0.506. The summed E-state index contributed by atoms with van der Waals surface area (Å²) in [5.41, 5.74) is 0.825. The fourth-order valence-corrected chi connectivity index (χ4v) is 2.02. The van der Waals surface area contributed by atoms with Crippen molar-refractivity contribution in [2.75, 3.05) is 13.2 Å². The van der Waals surface area contributed by atoms with Crippen molar-refractivity contribution in [1.82, 2.24) is 0 Å². The van der Waals surface area contributed by atoms with E-state index < -0.39 is 5.97 Å². The van der Waals surface area contributed by atoms with Crippen LogP contribution in [0.5, 0.6) is 0 Å². The number of hydrogen-bond donors (Lipinski definition) is 0. The predicted molar refractivity (Wildman–Crippen MR) is 81.8 cm³/mol. The van der Waals surface area contributed by atoms with E-state index in [0.717, 1.165) is 38.5 Å². The summed E-state index contributed by atoms with van der Waals surface area (Å²) in [7, 11) is 0. The van der Waals surface area contributed by atoms with E-state index in [1.165, 1.54) is 0 Å². The molecule has 0 atom stereocenters. The summed E-state index contributed by atoms with van der Waals surface area (Å²) in [6, 6.07) is 0. The van der Waals surface area contributed by atoms with Crippen LogP contribution in [0.1, 0.15) is 58.8 Å². The number of carbonyl (C=O) groups is 2. The molecule has 0 aromatic rings. The Morgan fingerprint density at radius 3 is 2.29 bits per heavy atom. The molecule has 0 amide bonds. The van der Waals surface area contributed by atoms with E-state index in [2.05, 4.69) is 0 Å². The second-order valence-electron chi connectivity index (χ2n) is 5.17. The minimum Gasteiger partial charge on any atom is -0.462 e. The van der Waals surface area contributed by atoms with Gasteiger partial charge in [-0.2, -0.15) is 0 Å². The van der Waals surface area contributed by atoms with Gasteiger partial charge < -0.3 is 9.47 Å². The number of allylic oxidation sites excluding steroid dienone is 1. The zero-order valence-electron chi connectivity index (χ0n) is 13.2. The molecule has 0 spiro atoms. The molecule has 0 N–H and O–H groups in total. The minimum atomic E-state index is -0.413. The molecule has 0 radical (unpaired) electrons. The van der Waals surface area contributed by atoms with Gasteiger partial charge in [-0.25, -0.2) is 9.59 Å². The molecule has 1 aliphatic carbocycles. The summed E-state index contributed by atoms with van der Waals surface area (Å²) in [5.74, 6) is -0.790. The molecule has 0 aromatic carbocycles. The van der Waals surface area contributed by atoms with E-state index in [0.29, 0.717) is 30.8 Å². The van der Waals surface area contributed by atoms with Gasteiger partial charge in [0.2, 0.25) is 0 Å². The third-order valence-electron chi connectivity index (χ3n) is 3.34. The Morgan fingerprint density at radius 2 is 1.67 bits per heavy atom.